The van der Waals surface area contributed by atoms with Gasteiger partial charge >= 0.3 is 12.2 Å². The standard InChI is InChI=1S/C21H29FN4O5/c1-14(27)23-12-16-13-26(20(29)30-16)15-5-6-18(17(22)11-15)24-7-9-25(10-8-24)19(28)31-21(2,3)4/h5-6,11,16H,7-10,12-13H2,1-4H3,(H,23,27)/t16-/m0/s1. The van der Waals surface area contributed by atoms with Crippen LogP contribution in [-0.4, -0.2) is 74.0 Å². The van der Waals surface area contributed by atoms with E-state index in [0.717, 1.165) is 0 Å². The van der Waals surface area contributed by atoms with Crippen LogP contribution in [0.2, 0.25) is 0 Å². The Hall–Kier alpha value is -3.04. The largest absolute Gasteiger partial charge is 0.444 e. The van der Waals surface area contributed by atoms with Crippen LogP contribution in [0.3, 0.4) is 0 Å². The molecule has 0 unspecified atom stereocenters. The van der Waals surface area contributed by atoms with Crippen molar-refractivity contribution < 1.29 is 28.2 Å². The van der Waals surface area contributed by atoms with Gasteiger partial charge in [0.05, 0.1) is 24.5 Å². The molecule has 0 radical (unpaired) electrons. The van der Waals surface area contributed by atoms with E-state index in [1.807, 2.05) is 25.7 Å². The fraction of sp³-hybridized carbons (Fsp3) is 0.571. The number of carbonyl (C=O) groups excluding carboxylic acids is 3. The van der Waals surface area contributed by atoms with Crippen LogP contribution in [0.25, 0.3) is 0 Å². The van der Waals surface area contributed by atoms with Crippen LogP contribution in [0, 0.1) is 5.82 Å². The van der Waals surface area contributed by atoms with Crippen molar-refractivity contribution in [3.05, 3.63) is 24.0 Å². The van der Waals surface area contributed by atoms with Gasteiger partial charge in [-0.25, -0.2) is 14.0 Å². The number of benzene rings is 1. The topological polar surface area (TPSA) is 91.4 Å². The minimum Gasteiger partial charge on any atom is -0.444 e. The van der Waals surface area contributed by atoms with Gasteiger partial charge in [-0.3, -0.25) is 9.69 Å². The summed E-state index contributed by atoms with van der Waals surface area (Å²) in [5.74, 6) is -0.669. The number of anilines is 2. The normalized spacial score (nSPS) is 19.3. The van der Waals surface area contributed by atoms with E-state index in [9.17, 15) is 18.8 Å². The third kappa shape index (κ3) is 5.77. The molecule has 2 aliphatic rings. The van der Waals surface area contributed by atoms with Crippen LogP contribution in [0.5, 0.6) is 0 Å². The third-order valence-electron chi connectivity index (χ3n) is 4.97. The molecular formula is C21H29FN4O5. The maximum Gasteiger partial charge on any atom is 0.414 e. The number of hydrogen-bond acceptors (Lipinski definition) is 6. The van der Waals surface area contributed by atoms with E-state index in [1.54, 1.807) is 17.0 Å². The average Bonchev–Trinajstić information content (AvgIpc) is 3.06. The van der Waals surface area contributed by atoms with E-state index >= 15 is 0 Å². The number of hydrogen-bond donors (Lipinski definition) is 1. The van der Waals surface area contributed by atoms with Crippen molar-refractivity contribution in [3.63, 3.8) is 0 Å². The predicted octanol–water partition coefficient (Wildman–Crippen LogP) is 2.34. The van der Waals surface area contributed by atoms with Crippen molar-refractivity contribution in [2.24, 2.45) is 0 Å². The Kier molecular flexibility index (Phi) is 6.56. The summed E-state index contributed by atoms with van der Waals surface area (Å²) >= 11 is 0. The SMILES string of the molecule is CC(=O)NC[C@H]1CN(c2ccc(N3CCN(C(=O)OC(C)(C)C)CC3)c(F)c2)C(=O)O1. The smallest absolute Gasteiger partial charge is 0.414 e. The lowest BCUT2D eigenvalue weighted by atomic mass is 10.2. The molecule has 2 saturated heterocycles. The van der Waals surface area contributed by atoms with Crippen LogP contribution in [0.4, 0.5) is 25.4 Å². The molecule has 10 heteroatoms. The number of amides is 3. The molecule has 0 saturated carbocycles. The summed E-state index contributed by atoms with van der Waals surface area (Å²) in [6.45, 7) is 9.07. The van der Waals surface area contributed by atoms with Crippen LogP contribution in [-0.2, 0) is 14.3 Å². The molecule has 31 heavy (non-hydrogen) atoms. The molecular weight excluding hydrogens is 407 g/mol. The Morgan fingerprint density at radius 3 is 2.48 bits per heavy atom. The fourth-order valence-corrected chi connectivity index (χ4v) is 3.47. The van der Waals surface area contributed by atoms with Crippen molar-refractivity contribution in [2.75, 3.05) is 49.1 Å². The monoisotopic (exact) mass is 436 g/mol. The summed E-state index contributed by atoms with van der Waals surface area (Å²) in [6, 6.07) is 4.60. The van der Waals surface area contributed by atoms with Crippen LogP contribution < -0.4 is 15.1 Å². The number of cyclic esters (lactones) is 1. The summed E-state index contributed by atoms with van der Waals surface area (Å²) in [6.07, 6.45) is -1.43. The number of piperazine rings is 1. The second-order valence-corrected chi connectivity index (χ2v) is 8.64. The Bertz CT molecular complexity index is 849. The van der Waals surface area contributed by atoms with Gasteiger partial charge in [-0.1, -0.05) is 0 Å². The molecule has 0 spiro atoms. The summed E-state index contributed by atoms with van der Waals surface area (Å²) < 4.78 is 25.5. The van der Waals surface area contributed by atoms with Crippen molar-refractivity contribution >= 4 is 29.5 Å². The van der Waals surface area contributed by atoms with Crippen LogP contribution in [0.1, 0.15) is 27.7 Å². The lowest BCUT2D eigenvalue weighted by Gasteiger charge is -2.37. The van der Waals surface area contributed by atoms with Gasteiger partial charge < -0.3 is 24.6 Å². The zero-order valence-electron chi connectivity index (χ0n) is 18.3. The van der Waals surface area contributed by atoms with E-state index in [2.05, 4.69) is 5.32 Å². The fourth-order valence-electron chi connectivity index (χ4n) is 3.47. The molecule has 9 nitrogen and oxygen atoms in total. The van der Waals surface area contributed by atoms with Gasteiger partial charge in [-0.15, -0.1) is 0 Å². The minimum absolute atomic E-state index is 0.208. The van der Waals surface area contributed by atoms with Crippen molar-refractivity contribution in [2.45, 2.75) is 39.4 Å². The molecule has 2 heterocycles. The maximum absolute atomic E-state index is 14.9. The Morgan fingerprint density at radius 1 is 1.23 bits per heavy atom. The van der Waals surface area contributed by atoms with Gasteiger partial charge in [-0.05, 0) is 39.0 Å². The van der Waals surface area contributed by atoms with Crippen molar-refractivity contribution in [1.29, 1.82) is 0 Å². The second-order valence-electron chi connectivity index (χ2n) is 8.64. The molecule has 170 valence electrons. The zero-order valence-corrected chi connectivity index (χ0v) is 18.3. The highest BCUT2D eigenvalue weighted by atomic mass is 19.1. The second kappa shape index (κ2) is 8.99. The van der Waals surface area contributed by atoms with Crippen molar-refractivity contribution in [3.8, 4) is 0 Å². The molecule has 0 aliphatic carbocycles. The first-order chi connectivity index (χ1) is 14.5. The molecule has 2 aliphatic heterocycles. The Labute approximate surface area is 181 Å². The number of nitrogens with one attached hydrogen (secondary N) is 1. The van der Waals surface area contributed by atoms with Crippen molar-refractivity contribution in [1.82, 2.24) is 10.2 Å². The lowest BCUT2D eigenvalue weighted by Crippen LogP contribution is -2.50. The third-order valence-corrected chi connectivity index (χ3v) is 4.97. The molecule has 1 atom stereocenters. The first kappa shape index (κ1) is 22.6. The lowest BCUT2D eigenvalue weighted by molar-refractivity contribution is -0.119. The van der Waals surface area contributed by atoms with Gasteiger partial charge in [0.15, 0.2) is 0 Å². The summed E-state index contributed by atoms with van der Waals surface area (Å²) in [5.41, 5.74) is 0.243. The summed E-state index contributed by atoms with van der Waals surface area (Å²) in [4.78, 5) is 40.2. The first-order valence-electron chi connectivity index (χ1n) is 10.3. The minimum atomic E-state index is -0.575. The molecule has 1 aromatic carbocycles. The van der Waals surface area contributed by atoms with E-state index in [1.165, 1.54) is 17.9 Å². The molecule has 1 aromatic rings. The van der Waals surface area contributed by atoms with Gasteiger partial charge in [0.25, 0.3) is 0 Å². The number of rotatable bonds is 4. The van der Waals surface area contributed by atoms with Crippen LogP contribution >= 0.6 is 0 Å². The number of ether oxygens (including phenoxy) is 2. The predicted molar refractivity (Wildman–Crippen MR) is 113 cm³/mol. The van der Waals surface area contributed by atoms with Gasteiger partial charge in [-0.2, -0.15) is 0 Å². The molecule has 3 rings (SSSR count). The van der Waals surface area contributed by atoms with E-state index in [0.29, 0.717) is 37.6 Å². The highest BCUT2D eigenvalue weighted by Gasteiger charge is 2.33. The average molecular weight is 436 g/mol. The number of halogens is 1. The van der Waals surface area contributed by atoms with Gasteiger partial charge in [0, 0.05) is 33.1 Å². The summed E-state index contributed by atoms with van der Waals surface area (Å²) in [5, 5.41) is 2.61. The first-order valence-corrected chi connectivity index (χ1v) is 10.3. The maximum atomic E-state index is 14.9. The molecule has 0 aromatic heterocycles. The number of carbonyl (C=O) groups is 3. The molecule has 2 fully saturated rings. The number of nitrogens with zero attached hydrogens (tertiary/aromatic N) is 3. The highest BCUT2D eigenvalue weighted by molar-refractivity contribution is 5.90. The van der Waals surface area contributed by atoms with Crippen LogP contribution in [0.15, 0.2) is 18.2 Å². The van der Waals surface area contributed by atoms with Gasteiger partial charge in [0.2, 0.25) is 5.91 Å². The molecule has 1 N–H and O–H groups in total. The van der Waals surface area contributed by atoms with E-state index < -0.39 is 23.6 Å². The van der Waals surface area contributed by atoms with E-state index in [-0.39, 0.29) is 25.1 Å². The zero-order chi connectivity index (χ0) is 22.8. The Balaban J connectivity index is 1.60. The molecule has 0 bridgehead atoms. The molecule has 3 amide bonds. The Morgan fingerprint density at radius 2 is 1.90 bits per heavy atom. The quantitative estimate of drug-likeness (QED) is 0.779. The van der Waals surface area contributed by atoms with E-state index in [4.69, 9.17) is 9.47 Å². The highest BCUT2D eigenvalue weighted by Crippen LogP contribution is 2.28. The van der Waals surface area contributed by atoms with Gasteiger partial charge in [0.1, 0.15) is 17.5 Å². The summed E-state index contributed by atoms with van der Waals surface area (Å²) in [7, 11) is 0.